The highest BCUT2D eigenvalue weighted by Crippen LogP contribution is 2.19. The minimum Gasteiger partial charge on any atom is -0.395 e. The fourth-order valence-electron chi connectivity index (χ4n) is 1.13. The fraction of sp³-hybridized carbons (Fsp3) is 0.250. The summed E-state index contributed by atoms with van der Waals surface area (Å²) in [5.41, 5.74) is 1.28. The average molecular weight is 238 g/mol. The lowest BCUT2D eigenvalue weighted by Gasteiger charge is -2.05. The Morgan fingerprint density at radius 3 is 2.94 bits per heavy atom. The Morgan fingerprint density at radius 1 is 1.56 bits per heavy atom. The van der Waals surface area contributed by atoms with E-state index in [0.717, 1.165) is 0 Å². The van der Waals surface area contributed by atoms with E-state index in [9.17, 15) is 4.79 Å². The zero-order chi connectivity index (χ0) is 12.0. The van der Waals surface area contributed by atoms with Crippen molar-refractivity contribution in [3.8, 4) is 11.8 Å². The number of aliphatic hydroxyl groups is 1. The number of halogens is 1. The average Bonchev–Trinajstić information content (AvgIpc) is 2.22. The first-order chi connectivity index (χ1) is 7.63. The molecule has 0 aromatic heterocycles. The van der Waals surface area contributed by atoms with Gasteiger partial charge in [0.1, 0.15) is 0 Å². The molecule has 84 valence electrons. The number of carbonyl (C=O) groups excluding carboxylic acids is 1. The van der Waals surface area contributed by atoms with Crippen molar-refractivity contribution in [1.29, 1.82) is 0 Å². The first-order valence-electron chi connectivity index (χ1n) is 4.80. The standard InChI is InChI=1S/C12H12ClNO2/c1-9(16)14-12-6-5-11(13)8-10(12)4-2-3-7-15/h5-6,8,15H,3,7H2,1H3,(H,14,16). The number of benzene rings is 1. The number of rotatable bonds is 2. The Labute approximate surface area is 99.4 Å². The van der Waals surface area contributed by atoms with E-state index in [2.05, 4.69) is 17.2 Å². The molecule has 1 aromatic carbocycles. The van der Waals surface area contributed by atoms with Crippen molar-refractivity contribution >= 4 is 23.2 Å². The third-order valence-corrected chi connectivity index (χ3v) is 1.99. The second-order valence-corrected chi connectivity index (χ2v) is 3.58. The summed E-state index contributed by atoms with van der Waals surface area (Å²) in [6.07, 6.45) is 0.395. The monoisotopic (exact) mass is 237 g/mol. The molecule has 0 saturated carbocycles. The van der Waals surface area contributed by atoms with Crippen molar-refractivity contribution in [3.05, 3.63) is 28.8 Å². The van der Waals surface area contributed by atoms with Gasteiger partial charge in [0.15, 0.2) is 0 Å². The molecule has 0 aliphatic rings. The molecule has 4 heteroatoms. The number of anilines is 1. The Hall–Kier alpha value is -1.50. The van der Waals surface area contributed by atoms with Crippen LogP contribution in [0, 0.1) is 11.8 Å². The summed E-state index contributed by atoms with van der Waals surface area (Å²) < 4.78 is 0. The highest BCUT2D eigenvalue weighted by Gasteiger charge is 2.02. The van der Waals surface area contributed by atoms with Crippen LogP contribution in [0.15, 0.2) is 18.2 Å². The largest absolute Gasteiger partial charge is 0.395 e. The minimum absolute atomic E-state index is 0.0169. The van der Waals surface area contributed by atoms with Gasteiger partial charge in [-0.3, -0.25) is 4.79 Å². The quantitative estimate of drug-likeness (QED) is 0.774. The molecule has 2 N–H and O–H groups in total. The van der Waals surface area contributed by atoms with E-state index >= 15 is 0 Å². The summed E-state index contributed by atoms with van der Waals surface area (Å²) in [4.78, 5) is 10.9. The SMILES string of the molecule is CC(=O)Nc1ccc(Cl)cc1C#CCCO. The van der Waals surface area contributed by atoms with Crippen molar-refractivity contribution in [2.24, 2.45) is 0 Å². The van der Waals surface area contributed by atoms with E-state index in [0.29, 0.717) is 22.7 Å². The van der Waals surface area contributed by atoms with Crippen LogP contribution in [0.2, 0.25) is 5.02 Å². The Balaban J connectivity index is 2.99. The third-order valence-electron chi connectivity index (χ3n) is 1.75. The van der Waals surface area contributed by atoms with Crippen LogP contribution < -0.4 is 5.32 Å². The fourth-order valence-corrected chi connectivity index (χ4v) is 1.30. The molecule has 0 aliphatic carbocycles. The molecule has 1 aromatic rings. The first kappa shape index (κ1) is 12.6. The van der Waals surface area contributed by atoms with E-state index in [1.165, 1.54) is 6.92 Å². The molecule has 0 atom stereocenters. The van der Waals surface area contributed by atoms with Gasteiger partial charge in [-0.05, 0) is 18.2 Å². The summed E-state index contributed by atoms with van der Waals surface area (Å²) >= 11 is 5.84. The lowest BCUT2D eigenvalue weighted by atomic mass is 10.1. The summed E-state index contributed by atoms with van der Waals surface area (Å²) in [7, 11) is 0. The van der Waals surface area contributed by atoms with E-state index in [1.807, 2.05) is 0 Å². The molecule has 0 unspecified atom stereocenters. The van der Waals surface area contributed by atoms with E-state index < -0.39 is 0 Å². The number of amides is 1. The van der Waals surface area contributed by atoms with E-state index in [4.69, 9.17) is 16.7 Å². The molecule has 0 heterocycles. The molecule has 0 aliphatic heterocycles. The van der Waals surface area contributed by atoms with Gasteiger partial charge in [0, 0.05) is 23.9 Å². The van der Waals surface area contributed by atoms with Gasteiger partial charge >= 0.3 is 0 Å². The van der Waals surface area contributed by atoms with Crippen LogP contribution in [0.5, 0.6) is 0 Å². The summed E-state index contributed by atoms with van der Waals surface area (Å²) in [5.74, 6) is 5.47. The van der Waals surface area contributed by atoms with E-state index in [-0.39, 0.29) is 12.5 Å². The van der Waals surface area contributed by atoms with Crippen LogP contribution in [-0.4, -0.2) is 17.6 Å². The third kappa shape index (κ3) is 3.93. The molecule has 1 rings (SSSR count). The molecule has 16 heavy (non-hydrogen) atoms. The topological polar surface area (TPSA) is 49.3 Å². The Morgan fingerprint density at radius 2 is 2.31 bits per heavy atom. The molecule has 0 saturated heterocycles. The van der Waals surface area contributed by atoms with Crippen LogP contribution in [0.1, 0.15) is 18.9 Å². The van der Waals surface area contributed by atoms with Gasteiger partial charge in [0.05, 0.1) is 12.3 Å². The van der Waals surface area contributed by atoms with Gasteiger partial charge in [-0.1, -0.05) is 23.4 Å². The van der Waals surface area contributed by atoms with Crippen LogP contribution in [0.3, 0.4) is 0 Å². The minimum atomic E-state index is -0.160. The maximum absolute atomic E-state index is 10.9. The number of hydrogen-bond donors (Lipinski definition) is 2. The molecular weight excluding hydrogens is 226 g/mol. The summed E-state index contributed by atoms with van der Waals surface area (Å²) in [6.45, 7) is 1.45. The van der Waals surface area contributed by atoms with Crippen molar-refractivity contribution in [1.82, 2.24) is 0 Å². The van der Waals surface area contributed by atoms with Crippen molar-refractivity contribution in [3.63, 3.8) is 0 Å². The second-order valence-electron chi connectivity index (χ2n) is 3.15. The summed E-state index contributed by atoms with van der Waals surface area (Å²) in [5, 5.41) is 11.8. The van der Waals surface area contributed by atoms with Crippen LogP contribution in [0.4, 0.5) is 5.69 Å². The van der Waals surface area contributed by atoms with Crippen LogP contribution >= 0.6 is 11.6 Å². The normalized spacial score (nSPS) is 9.19. The smallest absolute Gasteiger partial charge is 0.221 e. The van der Waals surface area contributed by atoms with E-state index in [1.54, 1.807) is 18.2 Å². The number of hydrogen-bond acceptors (Lipinski definition) is 2. The predicted octanol–water partition coefficient (Wildman–Crippen LogP) is 2.03. The molecule has 0 spiro atoms. The zero-order valence-electron chi connectivity index (χ0n) is 8.88. The number of aliphatic hydroxyl groups excluding tert-OH is 1. The maximum Gasteiger partial charge on any atom is 0.221 e. The van der Waals surface area contributed by atoms with Crippen LogP contribution in [-0.2, 0) is 4.79 Å². The number of nitrogens with one attached hydrogen (secondary N) is 1. The number of carbonyl (C=O) groups is 1. The van der Waals surface area contributed by atoms with Crippen LogP contribution in [0.25, 0.3) is 0 Å². The second kappa shape index (κ2) is 6.16. The lowest BCUT2D eigenvalue weighted by Crippen LogP contribution is -2.07. The van der Waals surface area contributed by atoms with Gasteiger partial charge in [0.25, 0.3) is 0 Å². The van der Waals surface area contributed by atoms with Crippen molar-refractivity contribution in [2.75, 3.05) is 11.9 Å². The van der Waals surface area contributed by atoms with Gasteiger partial charge in [-0.15, -0.1) is 0 Å². The molecule has 0 bridgehead atoms. The zero-order valence-corrected chi connectivity index (χ0v) is 9.64. The first-order valence-corrected chi connectivity index (χ1v) is 5.18. The molecule has 0 fully saturated rings. The Bertz CT molecular complexity index is 446. The van der Waals surface area contributed by atoms with Gasteiger partial charge in [-0.25, -0.2) is 0 Å². The Kier molecular flexibility index (Phi) is 4.84. The maximum atomic E-state index is 10.9. The predicted molar refractivity (Wildman–Crippen MR) is 64.3 cm³/mol. The molecule has 0 radical (unpaired) electrons. The van der Waals surface area contributed by atoms with Gasteiger partial charge in [-0.2, -0.15) is 0 Å². The van der Waals surface area contributed by atoms with Gasteiger partial charge in [0.2, 0.25) is 5.91 Å². The van der Waals surface area contributed by atoms with Crippen molar-refractivity contribution in [2.45, 2.75) is 13.3 Å². The summed E-state index contributed by atoms with van der Waals surface area (Å²) in [6, 6.07) is 5.06. The van der Waals surface area contributed by atoms with Crippen molar-refractivity contribution < 1.29 is 9.90 Å². The molecule has 3 nitrogen and oxygen atoms in total. The lowest BCUT2D eigenvalue weighted by molar-refractivity contribution is -0.114. The highest BCUT2D eigenvalue weighted by molar-refractivity contribution is 6.30. The molecular formula is C12H12ClNO2. The van der Waals surface area contributed by atoms with Gasteiger partial charge < -0.3 is 10.4 Å². The highest BCUT2D eigenvalue weighted by atomic mass is 35.5. The molecule has 1 amide bonds.